The lowest BCUT2D eigenvalue weighted by atomic mass is 10.0. The van der Waals surface area contributed by atoms with E-state index in [-0.39, 0.29) is 21.4 Å². The molecule has 0 aliphatic heterocycles. The molecular formula is C17H12Cl2F2N2O2. The van der Waals surface area contributed by atoms with Crippen molar-refractivity contribution >= 4 is 46.4 Å². The Hall–Kier alpha value is -2.18. The Bertz CT molecular complexity index is 870. The van der Waals surface area contributed by atoms with Gasteiger partial charge >= 0.3 is 0 Å². The second kappa shape index (κ2) is 6.61. The van der Waals surface area contributed by atoms with E-state index in [0.717, 1.165) is 12.1 Å². The Kier molecular flexibility index (Phi) is 4.67. The van der Waals surface area contributed by atoms with E-state index in [4.69, 9.17) is 23.2 Å². The van der Waals surface area contributed by atoms with Crippen molar-refractivity contribution in [3.8, 4) is 0 Å². The second-order valence-corrected chi connectivity index (χ2v) is 6.50. The zero-order valence-electron chi connectivity index (χ0n) is 12.7. The van der Waals surface area contributed by atoms with Gasteiger partial charge in [-0.1, -0.05) is 29.3 Å². The quantitative estimate of drug-likeness (QED) is 0.755. The lowest BCUT2D eigenvalue weighted by Crippen LogP contribution is -2.36. The molecule has 0 bridgehead atoms. The minimum absolute atomic E-state index is 0.165. The fraction of sp³-hybridized carbons (Fsp3) is 0.176. The van der Waals surface area contributed by atoms with E-state index in [1.807, 2.05) is 0 Å². The molecule has 3 rings (SSSR count). The first-order valence-electron chi connectivity index (χ1n) is 7.35. The molecular weight excluding hydrogens is 373 g/mol. The third-order valence-corrected chi connectivity index (χ3v) is 4.82. The average molecular weight is 385 g/mol. The van der Waals surface area contributed by atoms with Gasteiger partial charge in [-0.3, -0.25) is 9.59 Å². The van der Waals surface area contributed by atoms with E-state index in [0.29, 0.717) is 18.9 Å². The van der Waals surface area contributed by atoms with Crippen LogP contribution in [0.1, 0.15) is 12.8 Å². The summed E-state index contributed by atoms with van der Waals surface area (Å²) in [5.74, 6) is -2.89. The molecule has 4 nitrogen and oxygen atoms in total. The van der Waals surface area contributed by atoms with Gasteiger partial charge in [0.25, 0.3) is 0 Å². The van der Waals surface area contributed by atoms with Crippen molar-refractivity contribution in [1.29, 1.82) is 0 Å². The Balaban J connectivity index is 1.76. The van der Waals surface area contributed by atoms with E-state index in [1.165, 1.54) is 0 Å². The van der Waals surface area contributed by atoms with Crippen LogP contribution >= 0.6 is 23.2 Å². The monoisotopic (exact) mass is 384 g/mol. The predicted octanol–water partition coefficient (Wildman–Crippen LogP) is 4.63. The molecule has 2 amide bonds. The predicted molar refractivity (Wildman–Crippen MR) is 91.7 cm³/mol. The number of halogens is 4. The summed E-state index contributed by atoms with van der Waals surface area (Å²) in [6, 6.07) is 7.50. The standard InChI is InChI=1S/C17H12Cl2F2N2O2/c18-10-2-1-3-13(14(10)19)23-16(25)17(6-7-17)15(24)22-12-5-4-9(20)8-11(12)21/h1-5,8H,6-7H2,(H,22,24)(H,23,25). The van der Waals surface area contributed by atoms with Crippen LogP contribution in [0.25, 0.3) is 0 Å². The van der Waals surface area contributed by atoms with Gasteiger partial charge < -0.3 is 10.6 Å². The van der Waals surface area contributed by atoms with Crippen molar-refractivity contribution in [3.05, 3.63) is 58.1 Å². The number of carbonyl (C=O) groups is 2. The maximum absolute atomic E-state index is 13.7. The highest BCUT2D eigenvalue weighted by atomic mass is 35.5. The van der Waals surface area contributed by atoms with Gasteiger partial charge in [-0.25, -0.2) is 8.78 Å². The number of nitrogens with one attached hydrogen (secondary N) is 2. The van der Waals surface area contributed by atoms with Gasteiger partial charge in [-0.2, -0.15) is 0 Å². The summed E-state index contributed by atoms with van der Waals surface area (Å²) in [5, 5.41) is 5.34. The highest BCUT2D eigenvalue weighted by molar-refractivity contribution is 6.44. The molecule has 130 valence electrons. The molecule has 2 N–H and O–H groups in total. The largest absolute Gasteiger partial charge is 0.324 e. The smallest absolute Gasteiger partial charge is 0.240 e. The lowest BCUT2D eigenvalue weighted by Gasteiger charge is -2.16. The summed E-state index contributed by atoms with van der Waals surface area (Å²) in [7, 11) is 0. The molecule has 1 saturated carbocycles. The van der Waals surface area contributed by atoms with E-state index in [1.54, 1.807) is 18.2 Å². The first-order chi connectivity index (χ1) is 11.8. The van der Waals surface area contributed by atoms with Crippen molar-refractivity contribution in [2.24, 2.45) is 5.41 Å². The summed E-state index contributed by atoms with van der Waals surface area (Å²) in [5.41, 5.74) is -1.22. The van der Waals surface area contributed by atoms with E-state index < -0.39 is 28.9 Å². The molecule has 2 aromatic rings. The third kappa shape index (κ3) is 3.45. The summed E-state index contributed by atoms with van der Waals surface area (Å²) < 4.78 is 26.6. The van der Waals surface area contributed by atoms with Crippen LogP contribution in [-0.4, -0.2) is 11.8 Å². The first-order valence-corrected chi connectivity index (χ1v) is 8.11. The van der Waals surface area contributed by atoms with Gasteiger partial charge in [0.2, 0.25) is 11.8 Å². The molecule has 0 spiro atoms. The summed E-state index contributed by atoms with van der Waals surface area (Å²) in [6.07, 6.45) is 0.622. The summed E-state index contributed by atoms with van der Waals surface area (Å²) in [6.45, 7) is 0. The zero-order valence-corrected chi connectivity index (χ0v) is 14.2. The van der Waals surface area contributed by atoms with Crippen LogP contribution in [0.4, 0.5) is 20.2 Å². The molecule has 0 heterocycles. The second-order valence-electron chi connectivity index (χ2n) is 5.72. The van der Waals surface area contributed by atoms with Gasteiger partial charge in [0.15, 0.2) is 0 Å². The van der Waals surface area contributed by atoms with Gasteiger partial charge in [0.05, 0.1) is 21.4 Å². The number of rotatable bonds is 4. The highest BCUT2D eigenvalue weighted by Crippen LogP contribution is 2.48. The molecule has 8 heteroatoms. The molecule has 2 aromatic carbocycles. The van der Waals surface area contributed by atoms with Crippen LogP contribution in [0, 0.1) is 17.0 Å². The van der Waals surface area contributed by atoms with Gasteiger partial charge in [-0.15, -0.1) is 0 Å². The fourth-order valence-electron chi connectivity index (χ4n) is 2.36. The maximum Gasteiger partial charge on any atom is 0.240 e. The van der Waals surface area contributed by atoms with Crippen molar-refractivity contribution in [1.82, 2.24) is 0 Å². The Morgan fingerprint density at radius 2 is 1.60 bits per heavy atom. The van der Waals surface area contributed by atoms with Crippen molar-refractivity contribution in [3.63, 3.8) is 0 Å². The van der Waals surface area contributed by atoms with Gasteiger partial charge in [-0.05, 0) is 37.1 Å². The molecule has 0 atom stereocenters. The number of hydrogen-bond donors (Lipinski definition) is 2. The van der Waals surface area contributed by atoms with Crippen LogP contribution < -0.4 is 10.6 Å². The molecule has 25 heavy (non-hydrogen) atoms. The lowest BCUT2D eigenvalue weighted by molar-refractivity contribution is -0.131. The number of amides is 2. The van der Waals surface area contributed by atoms with Gasteiger partial charge in [0.1, 0.15) is 17.0 Å². The molecule has 1 fully saturated rings. The van der Waals surface area contributed by atoms with Crippen LogP contribution in [0.15, 0.2) is 36.4 Å². The normalized spacial score (nSPS) is 14.7. The summed E-state index contributed by atoms with van der Waals surface area (Å²) in [4.78, 5) is 24.9. The number of carbonyl (C=O) groups excluding carboxylic acids is 2. The molecule has 0 saturated heterocycles. The van der Waals surface area contributed by atoms with Crippen LogP contribution in [0.3, 0.4) is 0 Å². The van der Waals surface area contributed by atoms with Gasteiger partial charge in [0, 0.05) is 6.07 Å². The molecule has 0 radical (unpaired) electrons. The van der Waals surface area contributed by atoms with Crippen LogP contribution in [0.5, 0.6) is 0 Å². The Morgan fingerprint density at radius 3 is 2.20 bits per heavy atom. The third-order valence-electron chi connectivity index (χ3n) is 4.00. The Labute approximate surface area is 152 Å². The Morgan fingerprint density at radius 1 is 0.960 bits per heavy atom. The van der Waals surface area contributed by atoms with Crippen molar-refractivity contribution in [2.75, 3.05) is 10.6 Å². The first kappa shape index (κ1) is 17.6. The zero-order chi connectivity index (χ0) is 18.2. The molecule has 0 aromatic heterocycles. The number of anilines is 2. The van der Waals surface area contributed by atoms with E-state index >= 15 is 0 Å². The minimum atomic E-state index is -1.31. The minimum Gasteiger partial charge on any atom is -0.324 e. The number of benzene rings is 2. The molecule has 1 aliphatic rings. The SMILES string of the molecule is O=C(Nc1ccc(F)cc1F)C1(C(=O)Nc2cccc(Cl)c2Cl)CC1. The highest BCUT2D eigenvalue weighted by Gasteiger charge is 2.56. The van der Waals surface area contributed by atoms with Crippen LogP contribution in [0.2, 0.25) is 10.0 Å². The van der Waals surface area contributed by atoms with E-state index in [2.05, 4.69) is 10.6 Å². The topological polar surface area (TPSA) is 58.2 Å². The van der Waals surface area contributed by atoms with Crippen LogP contribution in [-0.2, 0) is 9.59 Å². The number of hydrogen-bond acceptors (Lipinski definition) is 2. The van der Waals surface area contributed by atoms with Crippen molar-refractivity contribution < 1.29 is 18.4 Å². The maximum atomic E-state index is 13.7. The molecule has 0 unspecified atom stereocenters. The summed E-state index contributed by atoms with van der Waals surface area (Å²) >= 11 is 11.9. The average Bonchev–Trinajstić information content (AvgIpc) is 3.36. The van der Waals surface area contributed by atoms with Crippen molar-refractivity contribution in [2.45, 2.75) is 12.8 Å². The molecule has 1 aliphatic carbocycles. The fourth-order valence-corrected chi connectivity index (χ4v) is 2.71. The van der Waals surface area contributed by atoms with E-state index in [9.17, 15) is 18.4 Å².